The molecule has 2 aromatic rings. The zero-order chi connectivity index (χ0) is 17.6. The van der Waals surface area contributed by atoms with Gasteiger partial charge in [0.25, 0.3) is 5.91 Å². The molecule has 1 aromatic carbocycles. The summed E-state index contributed by atoms with van der Waals surface area (Å²) in [6.07, 6.45) is 1.78. The van der Waals surface area contributed by atoms with Crippen molar-refractivity contribution < 1.29 is 23.8 Å². The summed E-state index contributed by atoms with van der Waals surface area (Å²) in [7, 11) is 0. The molecule has 1 amide bonds. The first-order valence-corrected chi connectivity index (χ1v) is 8.01. The summed E-state index contributed by atoms with van der Waals surface area (Å²) in [4.78, 5) is 29.6. The SMILES string of the molecule is O=C1CCc2c(F)cc(N3CC[C@@H](Oc4ccc(O)nc4)C3=O)cc21. The maximum Gasteiger partial charge on any atom is 0.268 e. The second-order valence-corrected chi connectivity index (χ2v) is 6.11. The van der Waals surface area contributed by atoms with Gasteiger partial charge in [-0.05, 0) is 30.2 Å². The highest BCUT2D eigenvalue weighted by atomic mass is 19.1. The number of benzene rings is 1. The van der Waals surface area contributed by atoms with Crippen LogP contribution in [0.25, 0.3) is 0 Å². The van der Waals surface area contributed by atoms with Crippen molar-refractivity contribution in [2.24, 2.45) is 0 Å². The van der Waals surface area contributed by atoms with E-state index < -0.39 is 11.9 Å². The topological polar surface area (TPSA) is 79.7 Å². The van der Waals surface area contributed by atoms with Gasteiger partial charge in [0.2, 0.25) is 5.88 Å². The van der Waals surface area contributed by atoms with Crippen LogP contribution >= 0.6 is 0 Å². The Balaban J connectivity index is 1.56. The lowest BCUT2D eigenvalue weighted by molar-refractivity contribution is -0.122. The largest absolute Gasteiger partial charge is 0.493 e. The summed E-state index contributed by atoms with van der Waals surface area (Å²) in [6, 6.07) is 5.79. The zero-order valence-corrected chi connectivity index (χ0v) is 13.2. The number of pyridine rings is 1. The van der Waals surface area contributed by atoms with Crippen molar-refractivity contribution in [1.29, 1.82) is 0 Å². The number of halogens is 1. The number of fused-ring (bicyclic) bond motifs is 1. The van der Waals surface area contributed by atoms with E-state index in [1.165, 1.54) is 29.3 Å². The Labute approximate surface area is 142 Å². The van der Waals surface area contributed by atoms with Crippen molar-refractivity contribution in [2.75, 3.05) is 11.4 Å². The standard InChI is InChI=1S/C18H15FN2O4/c19-14-8-10(7-13-12(14)2-3-15(13)22)21-6-5-16(18(21)24)25-11-1-4-17(23)20-9-11/h1,4,7-9,16H,2-3,5-6H2,(H,20,23)/t16-/m1/s1. The number of ether oxygens (including phenoxy) is 1. The van der Waals surface area contributed by atoms with Gasteiger partial charge in [0.15, 0.2) is 11.9 Å². The normalized spacial score (nSPS) is 19.4. The van der Waals surface area contributed by atoms with Gasteiger partial charge in [-0.2, -0.15) is 0 Å². The minimum atomic E-state index is -0.710. The molecule has 1 N–H and O–H groups in total. The molecule has 0 radical (unpaired) electrons. The Bertz CT molecular complexity index is 866. The summed E-state index contributed by atoms with van der Waals surface area (Å²) < 4.78 is 19.8. The molecule has 1 fully saturated rings. The smallest absolute Gasteiger partial charge is 0.268 e. The van der Waals surface area contributed by atoms with Gasteiger partial charge in [0, 0.05) is 36.7 Å². The molecule has 4 rings (SSSR count). The number of rotatable bonds is 3. The number of hydrogen-bond donors (Lipinski definition) is 1. The van der Waals surface area contributed by atoms with Gasteiger partial charge in [-0.3, -0.25) is 9.59 Å². The van der Waals surface area contributed by atoms with Crippen molar-refractivity contribution in [3.63, 3.8) is 0 Å². The van der Waals surface area contributed by atoms with Gasteiger partial charge in [0.1, 0.15) is 11.6 Å². The van der Waals surface area contributed by atoms with Gasteiger partial charge in [-0.15, -0.1) is 0 Å². The van der Waals surface area contributed by atoms with Crippen LogP contribution in [-0.2, 0) is 11.2 Å². The van der Waals surface area contributed by atoms with Crippen molar-refractivity contribution in [1.82, 2.24) is 4.98 Å². The fourth-order valence-electron chi connectivity index (χ4n) is 3.28. The van der Waals surface area contributed by atoms with E-state index >= 15 is 0 Å². The van der Waals surface area contributed by atoms with Gasteiger partial charge in [-0.25, -0.2) is 9.37 Å². The van der Waals surface area contributed by atoms with Crippen molar-refractivity contribution in [2.45, 2.75) is 25.4 Å². The third-order valence-corrected chi connectivity index (χ3v) is 4.55. The highest BCUT2D eigenvalue weighted by Gasteiger charge is 2.36. The summed E-state index contributed by atoms with van der Waals surface area (Å²) in [6.45, 7) is 0.376. The van der Waals surface area contributed by atoms with Crippen molar-refractivity contribution >= 4 is 17.4 Å². The molecule has 0 bridgehead atoms. The molecule has 1 aromatic heterocycles. The summed E-state index contributed by atoms with van der Waals surface area (Å²) >= 11 is 0. The number of carbonyl (C=O) groups is 2. The highest BCUT2D eigenvalue weighted by Crippen LogP contribution is 2.32. The second-order valence-electron chi connectivity index (χ2n) is 6.11. The van der Waals surface area contributed by atoms with E-state index in [1.54, 1.807) is 6.07 Å². The number of ketones is 1. The van der Waals surface area contributed by atoms with Gasteiger partial charge >= 0.3 is 0 Å². The van der Waals surface area contributed by atoms with Gasteiger partial charge in [0.05, 0.1) is 6.20 Å². The van der Waals surface area contributed by atoms with E-state index in [0.29, 0.717) is 48.4 Å². The molecule has 0 saturated carbocycles. The highest BCUT2D eigenvalue weighted by molar-refractivity contribution is 6.04. The fourth-order valence-corrected chi connectivity index (χ4v) is 3.28. The number of amides is 1. The number of aromatic nitrogens is 1. The molecular weight excluding hydrogens is 327 g/mol. The van der Waals surface area contributed by atoms with Crippen LogP contribution in [0.3, 0.4) is 0 Å². The lowest BCUT2D eigenvalue weighted by Crippen LogP contribution is -2.32. The molecule has 2 aliphatic rings. The maximum absolute atomic E-state index is 14.2. The van der Waals surface area contributed by atoms with Crippen LogP contribution in [0.1, 0.15) is 28.8 Å². The molecule has 25 heavy (non-hydrogen) atoms. The second kappa shape index (κ2) is 5.84. The Kier molecular flexibility index (Phi) is 3.63. The Morgan fingerprint density at radius 2 is 2.08 bits per heavy atom. The average Bonchev–Trinajstić information content (AvgIpc) is 3.14. The van der Waals surface area contributed by atoms with E-state index in [2.05, 4.69) is 4.98 Å². The average molecular weight is 342 g/mol. The predicted octanol–water partition coefficient (Wildman–Crippen LogP) is 2.24. The van der Waals surface area contributed by atoms with E-state index in [0.717, 1.165) is 0 Å². The third kappa shape index (κ3) is 2.71. The van der Waals surface area contributed by atoms with Crippen LogP contribution in [0.2, 0.25) is 0 Å². The molecule has 7 heteroatoms. The maximum atomic E-state index is 14.2. The molecule has 1 saturated heterocycles. The first-order valence-electron chi connectivity index (χ1n) is 8.01. The van der Waals surface area contributed by atoms with E-state index in [-0.39, 0.29) is 17.6 Å². The minimum absolute atomic E-state index is 0.0923. The molecule has 1 aliphatic carbocycles. The third-order valence-electron chi connectivity index (χ3n) is 4.55. The van der Waals surface area contributed by atoms with Crippen LogP contribution < -0.4 is 9.64 Å². The first-order chi connectivity index (χ1) is 12.0. The van der Waals surface area contributed by atoms with Gasteiger partial charge in [-0.1, -0.05) is 0 Å². The summed E-state index contributed by atoms with van der Waals surface area (Å²) in [5.41, 5.74) is 1.18. The number of aromatic hydroxyl groups is 1. The van der Waals surface area contributed by atoms with E-state index in [1.807, 2.05) is 0 Å². The Morgan fingerprint density at radius 1 is 1.24 bits per heavy atom. The number of hydrogen-bond acceptors (Lipinski definition) is 5. The molecule has 1 atom stereocenters. The molecule has 0 spiro atoms. The molecule has 1 aliphatic heterocycles. The molecule has 0 unspecified atom stereocenters. The molecular formula is C18H15FN2O4. The quantitative estimate of drug-likeness (QED) is 0.925. The Hall–Kier alpha value is -2.96. The van der Waals surface area contributed by atoms with Crippen LogP contribution in [0.4, 0.5) is 10.1 Å². The predicted molar refractivity (Wildman–Crippen MR) is 86.3 cm³/mol. The van der Waals surface area contributed by atoms with Crippen LogP contribution in [0.15, 0.2) is 30.5 Å². The monoisotopic (exact) mass is 342 g/mol. The van der Waals surface area contributed by atoms with Crippen molar-refractivity contribution in [3.8, 4) is 11.6 Å². The van der Waals surface area contributed by atoms with Crippen LogP contribution in [-0.4, -0.2) is 34.4 Å². The fraction of sp³-hybridized carbons (Fsp3) is 0.278. The molecule has 6 nitrogen and oxygen atoms in total. The summed E-state index contributed by atoms with van der Waals surface area (Å²) in [5, 5.41) is 9.18. The van der Waals surface area contributed by atoms with Gasteiger partial charge < -0.3 is 14.7 Å². The molecule has 128 valence electrons. The molecule has 2 heterocycles. The Morgan fingerprint density at radius 3 is 2.84 bits per heavy atom. The number of Topliss-reactive ketones (excluding diaryl/α,β-unsaturated/α-hetero) is 1. The van der Waals surface area contributed by atoms with E-state index in [9.17, 15) is 19.1 Å². The minimum Gasteiger partial charge on any atom is -0.493 e. The number of carbonyl (C=O) groups excluding carboxylic acids is 2. The number of nitrogens with zero attached hydrogens (tertiary/aromatic N) is 2. The van der Waals surface area contributed by atoms with Crippen LogP contribution in [0, 0.1) is 5.82 Å². The van der Waals surface area contributed by atoms with E-state index in [4.69, 9.17) is 4.74 Å². The first kappa shape index (κ1) is 15.6. The van der Waals surface area contributed by atoms with Crippen LogP contribution in [0.5, 0.6) is 11.6 Å². The number of anilines is 1. The zero-order valence-electron chi connectivity index (χ0n) is 13.2. The summed E-state index contributed by atoms with van der Waals surface area (Å²) in [5.74, 6) is -0.597. The van der Waals surface area contributed by atoms with Crippen molar-refractivity contribution in [3.05, 3.63) is 47.4 Å². The lowest BCUT2D eigenvalue weighted by Gasteiger charge is -2.18. The lowest BCUT2D eigenvalue weighted by atomic mass is 10.1.